The van der Waals surface area contributed by atoms with E-state index in [1.807, 2.05) is 0 Å². The summed E-state index contributed by atoms with van der Waals surface area (Å²) in [6.07, 6.45) is 3.14. The van der Waals surface area contributed by atoms with E-state index in [4.69, 9.17) is 5.73 Å². The summed E-state index contributed by atoms with van der Waals surface area (Å²) >= 11 is 3.08. The lowest BCUT2D eigenvalue weighted by atomic mass is 9.97. The molecule has 1 atom stereocenters. The molecule has 0 spiro atoms. The third-order valence-corrected chi connectivity index (χ3v) is 6.53. The molecule has 1 fully saturated rings. The molecule has 0 radical (unpaired) electrons. The molecule has 2 aromatic rings. The van der Waals surface area contributed by atoms with Gasteiger partial charge in [0.15, 0.2) is 0 Å². The van der Waals surface area contributed by atoms with E-state index in [1.165, 1.54) is 22.2 Å². The predicted molar refractivity (Wildman–Crippen MR) is 96.1 cm³/mol. The van der Waals surface area contributed by atoms with Gasteiger partial charge in [-0.1, -0.05) is 11.8 Å². The minimum atomic E-state index is -0.318. The van der Waals surface area contributed by atoms with Crippen LogP contribution in [0.25, 0.3) is 10.2 Å². The van der Waals surface area contributed by atoms with Crippen molar-refractivity contribution in [2.24, 2.45) is 11.7 Å². The van der Waals surface area contributed by atoms with Crippen LogP contribution >= 0.6 is 23.1 Å². The van der Waals surface area contributed by atoms with Crippen molar-refractivity contribution >= 4 is 45.1 Å². The molecule has 0 aliphatic carbocycles. The average Bonchev–Trinajstić information content (AvgIpc) is 2.87. The smallest absolute Gasteiger partial charge is 0.233 e. The Labute approximate surface area is 148 Å². The molecule has 6 nitrogen and oxygen atoms in total. The van der Waals surface area contributed by atoms with Crippen molar-refractivity contribution in [3.63, 3.8) is 0 Å². The number of fused-ring (bicyclic) bond motifs is 1. The minimum absolute atomic E-state index is 0.0299. The molecular formula is C16H20N4O2S2. The van der Waals surface area contributed by atoms with Gasteiger partial charge < -0.3 is 10.6 Å². The number of carbonyl (C=O) groups is 2. The van der Waals surface area contributed by atoms with Crippen LogP contribution < -0.4 is 5.73 Å². The second-order valence-electron chi connectivity index (χ2n) is 6.01. The number of piperidine rings is 1. The van der Waals surface area contributed by atoms with Gasteiger partial charge in [-0.3, -0.25) is 9.59 Å². The zero-order valence-corrected chi connectivity index (χ0v) is 15.4. The highest BCUT2D eigenvalue weighted by Gasteiger charge is 2.27. The molecule has 0 unspecified atom stereocenters. The lowest BCUT2D eigenvalue weighted by Gasteiger charge is -2.31. The van der Waals surface area contributed by atoms with Gasteiger partial charge in [0.25, 0.3) is 0 Å². The molecule has 1 aliphatic heterocycles. The van der Waals surface area contributed by atoms with Crippen molar-refractivity contribution in [2.45, 2.75) is 31.7 Å². The van der Waals surface area contributed by atoms with E-state index in [0.29, 0.717) is 18.8 Å². The molecule has 3 rings (SSSR count). The molecule has 1 aliphatic rings. The number of carbonyl (C=O) groups excluding carboxylic acids is 2. The quantitative estimate of drug-likeness (QED) is 0.663. The molecule has 0 saturated carbocycles. The Hall–Kier alpha value is -1.67. The van der Waals surface area contributed by atoms with Crippen molar-refractivity contribution in [3.8, 4) is 0 Å². The third-order valence-electron chi connectivity index (χ3n) is 4.44. The standard InChI is InChI=1S/C16H20N4O2S2/c1-9-10(2)24-16-13(9)15(18-8-19-16)23-7-12(21)20-5-3-4-11(6-20)14(17)22/h8,11H,3-7H2,1-2H3,(H2,17,22)/t11-/m1/s1. The van der Waals surface area contributed by atoms with Gasteiger partial charge in [-0.15, -0.1) is 11.3 Å². The molecule has 0 aromatic carbocycles. The summed E-state index contributed by atoms with van der Waals surface area (Å²) in [7, 11) is 0. The first-order valence-electron chi connectivity index (χ1n) is 7.88. The first kappa shape index (κ1) is 17.2. The topological polar surface area (TPSA) is 89.2 Å². The van der Waals surface area contributed by atoms with Gasteiger partial charge in [0.05, 0.1) is 11.7 Å². The Kier molecular flexibility index (Phi) is 5.05. The van der Waals surface area contributed by atoms with E-state index in [1.54, 1.807) is 22.6 Å². The minimum Gasteiger partial charge on any atom is -0.369 e. The number of likely N-dealkylation sites (tertiary alicyclic amines) is 1. The summed E-state index contributed by atoms with van der Waals surface area (Å²) in [6, 6.07) is 0. The van der Waals surface area contributed by atoms with Gasteiger partial charge in [-0.25, -0.2) is 9.97 Å². The van der Waals surface area contributed by atoms with Crippen LogP contribution in [0.4, 0.5) is 0 Å². The van der Waals surface area contributed by atoms with Crippen LogP contribution in [-0.4, -0.2) is 45.5 Å². The molecule has 2 aromatic heterocycles. The van der Waals surface area contributed by atoms with Crippen molar-refractivity contribution < 1.29 is 9.59 Å². The third kappa shape index (κ3) is 3.39. The number of rotatable bonds is 4. The fraction of sp³-hybridized carbons (Fsp3) is 0.500. The molecule has 0 bridgehead atoms. The summed E-state index contributed by atoms with van der Waals surface area (Å²) in [5.74, 6) is -0.198. The van der Waals surface area contributed by atoms with Crippen molar-refractivity contribution in [1.29, 1.82) is 0 Å². The lowest BCUT2D eigenvalue weighted by molar-refractivity contribution is -0.132. The summed E-state index contributed by atoms with van der Waals surface area (Å²) in [4.78, 5) is 36.4. The number of hydrogen-bond acceptors (Lipinski definition) is 6. The number of primary amides is 1. The molecule has 8 heteroatoms. The average molecular weight is 364 g/mol. The maximum atomic E-state index is 12.5. The fourth-order valence-corrected chi connectivity index (χ4v) is 4.94. The van der Waals surface area contributed by atoms with Gasteiger partial charge in [-0.05, 0) is 32.3 Å². The van der Waals surface area contributed by atoms with E-state index in [0.717, 1.165) is 28.1 Å². The van der Waals surface area contributed by atoms with Crippen molar-refractivity contribution in [1.82, 2.24) is 14.9 Å². The SMILES string of the molecule is Cc1sc2ncnc(SCC(=O)N3CCC[C@@H](C(N)=O)C3)c2c1C. The number of aryl methyl sites for hydroxylation is 2. The zero-order chi connectivity index (χ0) is 17.3. The number of amides is 2. The lowest BCUT2D eigenvalue weighted by Crippen LogP contribution is -2.44. The van der Waals surface area contributed by atoms with Crippen molar-refractivity contribution in [3.05, 3.63) is 16.8 Å². The number of thiophene rings is 1. The van der Waals surface area contributed by atoms with E-state index in [-0.39, 0.29) is 17.7 Å². The van der Waals surface area contributed by atoms with E-state index in [2.05, 4.69) is 23.8 Å². The first-order valence-corrected chi connectivity index (χ1v) is 9.68. The molecule has 128 valence electrons. The van der Waals surface area contributed by atoms with Gasteiger partial charge in [0, 0.05) is 23.4 Å². The summed E-state index contributed by atoms with van der Waals surface area (Å²) in [5.41, 5.74) is 6.56. The Morgan fingerprint density at radius 1 is 1.42 bits per heavy atom. The van der Waals surface area contributed by atoms with Gasteiger partial charge in [0.1, 0.15) is 16.2 Å². The van der Waals surface area contributed by atoms with E-state index < -0.39 is 0 Å². The van der Waals surface area contributed by atoms with Gasteiger partial charge in [-0.2, -0.15) is 0 Å². The maximum Gasteiger partial charge on any atom is 0.233 e. The summed E-state index contributed by atoms with van der Waals surface area (Å²) < 4.78 is 0. The summed E-state index contributed by atoms with van der Waals surface area (Å²) in [6.45, 7) is 5.26. The van der Waals surface area contributed by atoms with Gasteiger partial charge in [0.2, 0.25) is 11.8 Å². The molecule has 3 heterocycles. The zero-order valence-electron chi connectivity index (χ0n) is 13.7. The maximum absolute atomic E-state index is 12.5. The number of nitrogens with zero attached hydrogens (tertiary/aromatic N) is 3. The number of hydrogen-bond donors (Lipinski definition) is 1. The van der Waals surface area contributed by atoms with Crippen LogP contribution in [0.1, 0.15) is 23.3 Å². The van der Waals surface area contributed by atoms with Gasteiger partial charge >= 0.3 is 0 Å². The van der Waals surface area contributed by atoms with Crippen LogP contribution in [0.2, 0.25) is 0 Å². The number of thioether (sulfide) groups is 1. The predicted octanol–water partition coefficient (Wildman–Crippen LogP) is 2.12. The van der Waals surface area contributed by atoms with Crippen LogP contribution in [0.3, 0.4) is 0 Å². The Bertz CT molecular complexity index is 790. The number of nitrogens with two attached hydrogens (primary N) is 1. The second-order valence-corrected chi connectivity index (χ2v) is 8.18. The Morgan fingerprint density at radius 2 is 2.21 bits per heavy atom. The normalized spacial score (nSPS) is 18.1. The Morgan fingerprint density at radius 3 is 2.96 bits per heavy atom. The van der Waals surface area contributed by atoms with Crippen LogP contribution in [0.15, 0.2) is 11.4 Å². The Balaban J connectivity index is 1.70. The molecule has 24 heavy (non-hydrogen) atoms. The fourth-order valence-electron chi connectivity index (χ4n) is 2.92. The second kappa shape index (κ2) is 7.06. The highest BCUT2D eigenvalue weighted by atomic mass is 32.2. The highest BCUT2D eigenvalue weighted by Crippen LogP contribution is 2.34. The molecular weight excluding hydrogens is 344 g/mol. The van der Waals surface area contributed by atoms with Crippen LogP contribution in [0.5, 0.6) is 0 Å². The van der Waals surface area contributed by atoms with Crippen LogP contribution in [-0.2, 0) is 9.59 Å². The number of aromatic nitrogens is 2. The molecule has 2 amide bonds. The van der Waals surface area contributed by atoms with Crippen molar-refractivity contribution in [2.75, 3.05) is 18.8 Å². The van der Waals surface area contributed by atoms with Crippen LogP contribution in [0, 0.1) is 19.8 Å². The van der Waals surface area contributed by atoms with E-state index >= 15 is 0 Å². The van der Waals surface area contributed by atoms with E-state index in [9.17, 15) is 9.59 Å². The summed E-state index contributed by atoms with van der Waals surface area (Å²) in [5, 5.41) is 1.89. The first-order chi connectivity index (χ1) is 11.5. The molecule has 2 N–H and O–H groups in total. The monoisotopic (exact) mass is 364 g/mol. The highest BCUT2D eigenvalue weighted by molar-refractivity contribution is 8.00. The molecule has 1 saturated heterocycles. The largest absolute Gasteiger partial charge is 0.369 e.